The number of ether oxygens (including phenoxy) is 1. The summed E-state index contributed by atoms with van der Waals surface area (Å²) in [4.78, 5) is 28.7. The third kappa shape index (κ3) is 6.22. The predicted molar refractivity (Wildman–Crippen MR) is 144 cm³/mol. The second-order valence-corrected chi connectivity index (χ2v) is 11.1. The molecule has 37 heavy (non-hydrogen) atoms. The van der Waals surface area contributed by atoms with Gasteiger partial charge in [0.15, 0.2) is 11.0 Å². The summed E-state index contributed by atoms with van der Waals surface area (Å²) in [5.74, 6) is -0.216. The van der Waals surface area contributed by atoms with Gasteiger partial charge in [0, 0.05) is 10.6 Å². The Bertz CT molecular complexity index is 1250. The first-order valence-corrected chi connectivity index (χ1v) is 14.2. The van der Waals surface area contributed by atoms with E-state index in [1.807, 2.05) is 18.4 Å². The molecule has 198 valence electrons. The highest BCUT2D eigenvalue weighted by atomic mass is 32.2. The lowest BCUT2D eigenvalue weighted by atomic mass is 10.1. The molecule has 11 heteroatoms. The number of carbonyl (C=O) groups excluding carboxylic acids is 2. The molecule has 3 aromatic rings. The Morgan fingerprint density at radius 1 is 1.16 bits per heavy atom. The van der Waals surface area contributed by atoms with E-state index in [1.54, 1.807) is 19.1 Å². The fraction of sp³-hybridized carbons (Fsp3) is 0.462. The van der Waals surface area contributed by atoms with Crippen LogP contribution >= 0.6 is 23.1 Å². The SMILES string of the molecule is CCOC(=O)c1c(NC(=O)CSc2nnc(C(C)N3CCCCC3)n2-c2ccc(F)cc2)sc(C)c1C. The Morgan fingerprint density at radius 3 is 2.54 bits per heavy atom. The number of halogens is 1. The number of nitrogens with one attached hydrogen (secondary N) is 1. The number of piperidine rings is 1. The standard InChI is InChI=1S/C26H32FN5O3S2/c1-5-35-25(34)22-16(2)18(4)37-24(22)28-21(33)15-36-26-30-29-23(17(3)31-13-7-6-8-14-31)32(26)20-11-9-19(27)10-12-20/h9-12,17H,5-8,13-15H2,1-4H3,(H,28,33). The fourth-order valence-corrected chi connectivity index (χ4v) is 6.23. The van der Waals surface area contributed by atoms with Gasteiger partial charge in [-0.25, -0.2) is 9.18 Å². The molecule has 1 aliphatic heterocycles. The molecule has 4 rings (SSSR count). The second kappa shape index (κ2) is 12.2. The van der Waals surface area contributed by atoms with Crippen LogP contribution in [0.25, 0.3) is 5.69 Å². The number of benzene rings is 1. The summed E-state index contributed by atoms with van der Waals surface area (Å²) in [6.07, 6.45) is 3.52. The van der Waals surface area contributed by atoms with Crippen molar-refractivity contribution in [1.82, 2.24) is 19.7 Å². The minimum absolute atomic E-state index is 0.0187. The number of esters is 1. The summed E-state index contributed by atoms with van der Waals surface area (Å²) in [5.41, 5.74) is 1.94. The van der Waals surface area contributed by atoms with E-state index in [9.17, 15) is 14.0 Å². The van der Waals surface area contributed by atoms with Gasteiger partial charge in [-0.1, -0.05) is 18.2 Å². The van der Waals surface area contributed by atoms with Gasteiger partial charge in [0.05, 0.1) is 24.0 Å². The molecule has 0 aliphatic carbocycles. The van der Waals surface area contributed by atoms with Gasteiger partial charge in [-0.2, -0.15) is 0 Å². The molecule has 8 nitrogen and oxygen atoms in total. The first-order valence-electron chi connectivity index (χ1n) is 12.4. The van der Waals surface area contributed by atoms with E-state index in [0.29, 0.717) is 15.7 Å². The maximum atomic E-state index is 13.7. The van der Waals surface area contributed by atoms with Crippen LogP contribution in [0, 0.1) is 19.7 Å². The molecule has 0 saturated carbocycles. The summed E-state index contributed by atoms with van der Waals surface area (Å²) in [6.45, 7) is 9.85. The van der Waals surface area contributed by atoms with E-state index in [2.05, 4.69) is 27.3 Å². The molecule has 0 bridgehead atoms. The van der Waals surface area contributed by atoms with Crippen LogP contribution in [0.3, 0.4) is 0 Å². The molecular formula is C26H32FN5O3S2. The van der Waals surface area contributed by atoms with Crippen LogP contribution in [0.1, 0.15) is 65.8 Å². The molecule has 1 saturated heterocycles. The number of thioether (sulfide) groups is 1. The van der Waals surface area contributed by atoms with E-state index in [1.165, 1.54) is 41.7 Å². The number of amides is 1. The maximum absolute atomic E-state index is 13.7. The van der Waals surface area contributed by atoms with E-state index in [0.717, 1.165) is 47.9 Å². The van der Waals surface area contributed by atoms with Gasteiger partial charge < -0.3 is 10.1 Å². The summed E-state index contributed by atoms with van der Waals surface area (Å²) >= 11 is 2.60. The van der Waals surface area contributed by atoms with Crippen LogP contribution < -0.4 is 5.32 Å². The lowest BCUT2D eigenvalue weighted by Gasteiger charge is -2.31. The van der Waals surface area contributed by atoms with Crippen molar-refractivity contribution < 1.29 is 18.7 Å². The number of anilines is 1. The van der Waals surface area contributed by atoms with Gasteiger partial charge in [0.2, 0.25) is 5.91 Å². The summed E-state index contributed by atoms with van der Waals surface area (Å²) in [5, 5.41) is 12.8. The van der Waals surface area contributed by atoms with Crippen molar-refractivity contribution in [1.29, 1.82) is 0 Å². The molecule has 0 radical (unpaired) electrons. The molecule has 1 amide bonds. The first kappa shape index (κ1) is 27.3. The van der Waals surface area contributed by atoms with Crippen molar-refractivity contribution in [2.75, 3.05) is 30.8 Å². The van der Waals surface area contributed by atoms with E-state index >= 15 is 0 Å². The van der Waals surface area contributed by atoms with Crippen LogP contribution in [-0.2, 0) is 9.53 Å². The largest absolute Gasteiger partial charge is 0.462 e. The smallest absolute Gasteiger partial charge is 0.341 e. The Kier molecular flexibility index (Phi) is 8.99. The van der Waals surface area contributed by atoms with Gasteiger partial charge in [-0.3, -0.25) is 14.3 Å². The van der Waals surface area contributed by atoms with Crippen LogP contribution in [0.4, 0.5) is 9.39 Å². The number of aromatic nitrogens is 3. The highest BCUT2D eigenvalue weighted by Gasteiger charge is 2.26. The number of thiophene rings is 1. The van der Waals surface area contributed by atoms with Crippen molar-refractivity contribution in [2.45, 2.75) is 58.2 Å². The molecule has 1 N–H and O–H groups in total. The van der Waals surface area contributed by atoms with Crippen molar-refractivity contribution in [3.05, 3.63) is 51.9 Å². The van der Waals surface area contributed by atoms with E-state index < -0.39 is 5.97 Å². The van der Waals surface area contributed by atoms with Crippen LogP contribution in [-0.4, -0.2) is 57.0 Å². The number of hydrogen-bond donors (Lipinski definition) is 1. The van der Waals surface area contributed by atoms with Crippen LogP contribution in [0.2, 0.25) is 0 Å². The highest BCUT2D eigenvalue weighted by Crippen LogP contribution is 2.34. The lowest BCUT2D eigenvalue weighted by Crippen LogP contribution is -2.33. The molecular weight excluding hydrogens is 513 g/mol. The molecule has 1 aromatic carbocycles. The first-order chi connectivity index (χ1) is 17.8. The van der Waals surface area contributed by atoms with E-state index in [-0.39, 0.29) is 30.1 Å². The van der Waals surface area contributed by atoms with Crippen molar-refractivity contribution in [3.8, 4) is 5.69 Å². The molecule has 0 spiro atoms. The Morgan fingerprint density at radius 2 is 1.86 bits per heavy atom. The molecule has 2 aromatic heterocycles. The number of nitrogens with zero attached hydrogens (tertiary/aromatic N) is 4. The zero-order valence-electron chi connectivity index (χ0n) is 21.5. The van der Waals surface area contributed by atoms with E-state index in [4.69, 9.17) is 4.74 Å². The van der Waals surface area contributed by atoms with Gasteiger partial charge in [0.1, 0.15) is 10.8 Å². The number of carbonyl (C=O) groups is 2. The Hall–Kier alpha value is -2.76. The lowest BCUT2D eigenvalue weighted by molar-refractivity contribution is -0.113. The summed E-state index contributed by atoms with van der Waals surface area (Å²) in [6, 6.07) is 6.22. The third-order valence-corrected chi connectivity index (χ3v) is 8.56. The number of hydrogen-bond acceptors (Lipinski definition) is 8. The van der Waals surface area contributed by atoms with Crippen LogP contribution in [0.5, 0.6) is 0 Å². The average molecular weight is 546 g/mol. The number of rotatable bonds is 9. The van der Waals surface area contributed by atoms with Crippen molar-refractivity contribution >= 4 is 40.0 Å². The minimum Gasteiger partial charge on any atom is -0.462 e. The molecule has 1 atom stereocenters. The molecule has 1 aliphatic rings. The monoisotopic (exact) mass is 545 g/mol. The van der Waals surface area contributed by atoms with Crippen LogP contribution in [0.15, 0.2) is 29.4 Å². The summed E-state index contributed by atoms with van der Waals surface area (Å²) < 4.78 is 20.8. The highest BCUT2D eigenvalue weighted by molar-refractivity contribution is 7.99. The van der Waals surface area contributed by atoms with Gasteiger partial charge >= 0.3 is 5.97 Å². The van der Waals surface area contributed by atoms with Gasteiger partial charge in [0.25, 0.3) is 0 Å². The topological polar surface area (TPSA) is 89.3 Å². The Labute approximate surface area is 224 Å². The maximum Gasteiger partial charge on any atom is 0.341 e. The fourth-order valence-electron chi connectivity index (χ4n) is 4.40. The second-order valence-electron chi connectivity index (χ2n) is 8.97. The zero-order valence-corrected chi connectivity index (χ0v) is 23.2. The minimum atomic E-state index is -0.445. The predicted octanol–water partition coefficient (Wildman–Crippen LogP) is 5.54. The normalized spacial score (nSPS) is 14.9. The average Bonchev–Trinajstić information content (AvgIpc) is 3.43. The molecule has 1 fully saturated rings. The number of likely N-dealkylation sites (tertiary alicyclic amines) is 1. The van der Waals surface area contributed by atoms with Gasteiger partial charge in [-0.15, -0.1) is 21.5 Å². The van der Waals surface area contributed by atoms with Crippen molar-refractivity contribution in [3.63, 3.8) is 0 Å². The molecule has 1 unspecified atom stereocenters. The quantitative estimate of drug-likeness (QED) is 0.279. The van der Waals surface area contributed by atoms with Gasteiger partial charge in [-0.05, 0) is 83.5 Å². The van der Waals surface area contributed by atoms with Crippen molar-refractivity contribution in [2.24, 2.45) is 0 Å². The molecule has 3 heterocycles. The Balaban J connectivity index is 1.55. The summed E-state index contributed by atoms with van der Waals surface area (Å²) in [7, 11) is 0. The third-order valence-electron chi connectivity index (χ3n) is 6.51. The zero-order chi connectivity index (χ0) is 26.5. The number of aryl methyl sites for hydroxylation is 1.